The first-order valence-corrected chi connectivity index (χ1v) is 8.79. The van der Waals surface area contributed by atoms with E-state index in [1.165, 1.54) is 30.5 Å². The molecule has 0 unspecified atom stereocenters. The van der Waals surface area contributed by atoms with E-state index in [4.69, 9.17) is 0 Å². The predicted molar refractivity (Wildman–Crippen MR) is 107 cm³/mol. The lowest BCUT2D eigenvalue weighted by Gasteiger charge is -2.22. The number of hydrogen-bond acceptors (Lipinski definition) is 6. The van der Waals surface area contributed by atoms with Crippen LogP contribution in [0.4, 0.5) is 15.8 Å². The number of nitrogens with one attached hydrogen (secondary N) is 2. The van der Waals surface area contributed by atoms with E-state index in [1.807, 2.05) is 0 Å². The Kier molecular flexibility index (Phi) is 6.33. The SMILES string of the molecule is O=C(N/N=C\c1ccc(F)cc1)[C@H](Nc1cc([N+](=O)[O-])ccc1[O-])c1ccccc1. The fraction of sp³-hybridized carbons (Fsp3) is 0.0476. The van der Waals surface area contributed by atoms with E-state index in [1.54, 1.807) is 30.3 Å². The van der Waals surface area contributed by atoms with Gasteiger partial charge in [-0.2, -0.15) is 5.10 Å². The molecule has 0 aliphatic rings. The predicted octanol–water partition coefficient (Wildman–Crippen LogP) is 3.11. The number of non-ortho nitro benzene ring substituents is 1. The summed E-state index contributed by atoms with van der Waals surface area (Å²) in [6.07, 6.45) is 1.34. The zero-order valence-corrected chi connectivity index (χ0v) is 15.5. The van der Waals surface area contributed by atoms with E-state index in [0.29, 0.717) is 11.1 Å². The van der Waals surface area contributed by atoms with Gasteiger partial charge in [0.05, 0.1) is 11.1 Å². The minimum atomic E-state index is -1.04. The van der Waals surface area contributed by atoms with Gasteiger partial charge in [0.1, 0.15) is 11.9 Å². The molecule has 2 N–H and O–H groups in total. The molecule has 3 aromatic carbocycles. The number of carbonyl (C=O) groups excluding carboxylic acids is 1. The number of rotatable bonds is 7. The van der Waals surface area contributed by atoms with Crippen LogP contribution in [-0.4, -0.2) is 17.0 Å². The lowest BCUT2D eigenvalue weighted by atomic mass is 10.1. The second-order valence-corrected chi connectivity index (χ2v) is 6.21. The summed E-state index contributed by atoms with van der Waals surface area (Å²) in [5.74, 6) is -1.48. The first kappa shape index (κ1) is 20.5. The van der Waals surface area contributed by atoms with Crippen LogP contribution in [0.5, 0.6) is 5.75 Å². The average molecular weight is 407 g/mol. The monoisotopic (exact) mass is 407 g/mol. The van der Waals surface area contributed by atoms with Crippen molar-refractivity contribution >= 4 is 23.5 Å². The summed E-state index contributed by atoms with van der Waals surface area (Å²) >= 11 is 0. The van der Waals surface area contributed by atoms with Crippen molar-refractivity contribution in [2.45, 2.75) is 6.04 Å². The maximum absolute atomic E-state index is 13.0. The molecule has 0 aliphatic carbocycles. The van der Waals surface area contributed by atoms with E-state index >= 15 is 0 Å². The Labute approximate surface area is 170 Å². The molecule has 3 aromatic rings. The molecular weight excluding hydrogens is 391 g/mol. The number of nitro groups is 1. The normalized spacial score (nSPS) is 11.8. The summed E-state index contributed by atoms with van der Waals surface area (Å²) in [5, 5.41) is 29.8. The first-order chi connectivity index (χ1) is 14.4. The average Bonchev–Trinajstić information content (AvgIpc) is 2.75. The van der Waals surface area contributed by atoms with Gasteiger partial charge in [0.15, 0.2) is 0 Å². The van der Waals surface area contributed by atoms with Crippen LogP contribution in [0, 0.1) is 15.9 Å². The van der Waals surface area contributed by atoms with Crippen LogP contribution in [0.25, 0.3) is 0 Å². The van der Waals surface area contributed by atoms with Gasteiger partial charge in [0.25, 0.3) is 11.6 Å². The van der Waals surface area contributed by atoms with Crippen LogP contribution in [0.1, 0.15) is 17.2 Å². The zero-order valence-electron chi connectivity index (χ0n) is 15.5. The van der Waals surface area contributed by atoms with Crippen LogP contribution in [-0.2, 0) is 4.79 Å². The third-order valence-corrected chi connectivity index (χ3v) is 4.13. The summed E-state index contributed by atoms with van der Waals surface area (Å²) in [4.78, 5) is 23.1. The van der Waals surface area contributed by atoms with E-state index in [2.05, 4.69) is 15.8 Å². The van der Waals surface area contributed by atoms with Crippen LogP contribution in [0.3, 0.4) is 0 Å². The second kappa shape index (κ2) is 9.28. The Morgan fingerprint density at radius 2 is 1.77 bits per heavy atom. The third kappa shape index (κ3) is 5.16. The van der Waals surface area contributed by atoms with E-state index in [9.17, 15) is 24.4 Å². The molecule has 0 bridgehead atoms. The van der Waals surface area contributed by atoms with Gasteiger partial charge in [-0.15, -0.1) is 0 Å². The Morgan fingerprint density at radius 3 is 2.43 bits per heavy atom. The molecule has 0 saturated carbocycles. The molecule has 1 amide bonds. The van der Waals surface area contributed by atoms with Crippen LogP contribution in [0.15, 0.2) is 77.9 Å². The molecule has 30 heavy (non-hydrogen) atoms. The molecule has 0 aromatic heterocycles. The largest absolute Gasteiger partial charge is 0.871 e. The molecule has 0 spiro atoms. The van der Waals surface area contributed by atoms with Crippen molar-refractivity contribution in [3.63, 3.8) is 0 Å². The number of benzene rings is 3. The van der Waals surface area contributed by atoms with Crippen molar-refractivity contribution in [1.29, 1.82) is 0 Å². The maximum Gasteiger partial charge on any atom is 0.271 e. The van der Waals surface area contributed by atoms with Gasteiger partial charge in [0.2, 0.25) is 0 Å². The van der Waals surface area contributed by atoms with Gasteiger partial charge in [0, 0.05) is 17.8 Å². The molecule has 152 valence electrons. The first-order valence-electron chi connectivity index (χ1n) is 8.79. The summed E-state index contributed by atoms with van der Waals surface area (Å²) in [7, 11) is 0. The lowest BCUT2D eigenvalue weighted by molar-refractivity contribution is -0.385. The topological polar surface area (TPSA) is 120 Å². The van der Waals surface area contributed by atoms with Crippen LogP contribution < -0.4 is 15.8 Å². The molecule has 9 heteroatoms. The maximum atomic E-state index is 13.0. The van der Waals surface area contributed by atoms with Gasteiger partial charge < -0.3 is 10.4 Å². The van der Waals surface area contributed by atoms with Gasteiger partial charge in [-0.3, -0.25) is 14.9 Å². The highest BCUT2D eigenvalue weighted by molar-refractivity contribution is 5.88. The molecule has 3 rings (SSSR count). The Balaban J connectivity index is 1.82. The minimum Gasteiger partial charge on any atom is -0.871 e. The molecule has 1 atom stereocenters. The van der Waals surface area contributed by atoms with Gasteiger partial charge in [-0.25, -0.2) is 9.82 Å². The second-order valence-electron chi connectivity index (χ2n) is 6.21. The lowest BCUT2D eigenvalue weighted by Crippen LogP contribution is -2.30. The number of halogens is 1. The van der Waals surface area contributed by atoms with Crippen LogP contribution >= 0.6 is 0 Å². The van der Waals surface area contributed by atoms with Crippen molar-refractivity contribution in [3.05, 3.63) is 99.9 Å². The van der Waals surface area contributed by atoms with Gasteiger partial charge >= 0.3 is 0 Å². The Morgan fingerprint density at radius 1 is 1.07 bits per heavy atom. The number of carbonyl (C=O) groups is 1. The van der Waals surface area contributed by atoms with Crippen molar-refractivity contribution in [2.75, 3.05) is 5.32 Å². The number of amides is 1. The molecule has 0 aliphatic heterocycles. The van der Waals surface area contributed by atoms with Gasteiger partial charge in [-0.1, -0.05) is 54.3 Å². The van der Waals surface area contributed by atoms with E-state index in [-0.39, 0.29) is 11.4 Å². The fourth-order valence-corrected chi connectivity index (χ4v) is 2.63. The van der Waals surface area contributed by atoms with Crippen molar-refractivity contribution in [3.8, 4) is 5.75 Å². The standard InChI is InChI=1S/C21H17FN4O4/c22-16-8-6-14(7-9-16)13-23-25-21(28)20(15-4-2-1-3-5-15)24-18-12-17(26(29)30)10-11-19(18)27/h1-13,20,24,27H,(H,25,28)/p-1/b23-13-/t20-/m1/s1. The number of nitrogens with zero attached hydrogens (tertiary/aromatic N) is 2. The quantitative estimate of drug-likeness (QED) is 0.354. The highest BCUT2D eigenvalue weighted by Gasteiger charge is 2.21. The van der Waals surface area contributed by atoms with E-state index in [0.717, 1.165) is 18.2 Å². The zero-order chi connectivity index (χ0) is 21.5. The molecular formula is C21H16FN4O4-. The van der Waals surface area contributed by atoms with Crippen molar-refractivity contribution in [2.24, 2.45) is 5.10 Å². The highest BCUT2D eigenvalue weighted by Crippen LogP contribution is 2.29. The highest BCUT2D eigenvalue weighted by atomic mass is 19.1. The molecule has 0 saturated heterocycles. The molecule has 8 nitrogen and oxygen atoms in total. The number of anilines is 1. The van der Waals surface area contributed by atoms with E-state index < -0.39 is 28.4 Å². The smallest absolute Gasteiger partial charge is 0.271 e. The molecule has 0 fully saturated rings. The van der Waals surface area contributed by atoms with Crippen molar-refractivity contribution < 1.29 is 19.2 Å². The van der Waals surface area contributed by atoms with Crippen LogP contribution in [0.2, 0.25) is 0 Å². The number of nitro benzene ring substituents is 1. The van der Waals surface area contributed by atoms with Gasteiger partial charge in [-0.05, 0) is 23.3 Å². The number of hydrogen-bond donors (Lipinski definition) is 2. The van der Waals surface area contributed by atoms with Crippen molar-refractivity contribution in [1.82, 2.24) is 5.43 Å². The molecule has 0 heterocycles. The summed E-state index contributed by atoms with van der Waals surface area (Å²) in [6.45, 7) is 0. The Bertz CT molecular complexity index is 1070. The minimum absolute atomic E-state index is 0.0873. The Hall–Kier alpha value is -4.27. The summed E-state index contributed by atoms with van der Waals surface area (Å²) < 4.78 is 13.0. The molecule has 0 radical (unpaired) electrons. The third-order valence-electron chi connectivity index (χ3n) is 4.13. The summed E-state index contributed by atoms with van der Waals surface area (Å²) in [5.41, 5.74) is 3.09. The number of hydrazone groups is 1. The summed E-state index contributed by atoms with van der Waals surface area (Å²) in [6, 6.07) is 16.2. The fourth-order valence-electron chi connectivity index (χ4n) is 2.63.